The minimum Gasteiger partial charge on any atom is -0.423 e. The zero-order chi connectivity index (χ0) is 23.8. The number of rotatable bonds is 5. The molecule has 0 unspecified atom stereocenters. The van der Waals surface area contributed by atoms with Gasteiger partial charge in [0.1, 0.15) is 5.52 Å². The maximum absolute atomic E-state index is 12.6. The third kappa shape index (κ3) is 4.72. The predicted octanol–water partition coefficient (Wildman–Crippen LogP) is 4.50. The number of nitrogens with one attached hydrogen (secondary N) is 2. The molecular formula is C23H28ClN5O4S. The molecule has 3 aromatic rings. The summed E-state index contributed by atoms with van der Waals surface area (Å²) in [6.45, 7) is 2.53. The number of nitrogens with zero attached hydrogens (tertiary/aromatic N) is 3. The first-order valence-corrected chi connectivity index (χ1v) is 12.7. The second kappa shape index (κ2) is 9.69. The molecule has 0 saturated heterocycles. The van der Waals surface area contributed by atoms with Crippen molar-refractivity contribution in [2.45, 2.75) is 63.3 Å². The van der Waals surface area contributed by atoms with Crippen LogP contribution in [-0.4, -0.2) is 53.0 Å². The Morgan fingerprint density at radius 2 is 2.12 bits per heavy atom. The lowest BCUT2D eigenvalue weighted by molar-refractivity contribution is 0.118. The highest BCUT2D eigenvalue weighted by Crippen LogP contribution is 2.42. The lowest BCUT2D eigenvalue weighted by atomic mass is 9.93. The molecule has 34 heavy (non-hydrogen) atoms. The number of fused-ring (bicyclic) bond motifs is 2. The summed E-state index contributed by atoms with van der Waals surface area (Å²) in [7, 11) is 1.66. The molecule has 1 aromatic carbocycles. The summed E-state index contributed by atoms with van der Waals surface area (Å²) in [6.07, 6.45) is 3.42. The van der Waals surface area contributed by atoms with Crippen molar-refractivity contribution < 1.29 is 19.1 Å². The molecule has 11 heteroatoms. The van der Waals surface area contributed by atoms with E-state index < -0.39 is 0 Å². The predicted molar refractivity (Wildman–Crippen MR) is 132 cm³/mol. The first kappa shape index (κ1) is 23.3. The summed E-state index contributed by atoms with van der Waals surface area (Å²) in [4.78, 5) is 25.1. The third-order valence-corrected chi connectivity index (χ3v) is 7.82. The number of carbonyl (C=O) groups excluding carboxylic acids is 1. The van der Waals surface area contributed by atoms with Gasteiger partial charge in [-0.2, -0.15) is 4.98 Å². The van der Waals surface area contributed by atoms with Gasteiger partial charge in [-0.05, 0) is 50.8 Å². The van der Waals surface area contributed by atoms with E-state index in [2.05, 4.69) is 27.4 Å². The summed E-state index contributed by atoms with van der Waals surface area (Å²) in [6, 6.07) is 5.62. The number of ether oxygens (including phenoxy) is 1. The fourth-order valence-electron chi connectivity index (χ4n) is 4.81. The van der Waals surface area contributed by atoms with Crippen LogP contribution >= 0.6 is 22.9 Å². The maximum Gasteiger partial charge on any atom is 0.321 e. The second-order valence-corrected chi connectivity index (χ2v) is 10.4. The number of anilines is 2. The van der Waals surface area contributed by atoms with E-state index in [4.69, 9.17) is 25.7 Å². The highest BCUT2D eigenvalue weighted by molar-refractivity contribution is 7.16. The van der Waals surface area contributed by atoms with Crippen LogP contribution in [0.15, 0.2) is 22.6 Å². The van der Waals surface area contributed by atoms with E-state index in [1.165, 1.54) is 11.3 Å². The molecule has 0 spiro atoms. The smallest absolute Gasteiger partial charge is 0.321 e. The van der Waals surface area contributed by atoms with Gasteiger partial charge < -0.3 is 24.5 Å². The Bertz CT molecular complexity index is 1180. The van der Waals surface area contributed by atoms with Crippen molar-refractivity contribution in [3.05, 3.63) is 33.8 Å². The van der Waals surface area contributed by atoms with Crippen molar-refractivity contribution in [3.63, 3.8) is 0 Å². The quantitative estimate of drug-likeness (QED) is 0.468. The zero-order valence-electron chi connectivity index (χ0n) is 19.1. The first-order valence-electron chi connectivity index (χ1n) is 11.5. The molecule has 0 bridgehead atoms. The van der Waals surface area contributed by atoms with Crippen LogP contribution in [0.3, 0.4) is 0 Å². The Morgan fingerprint density at radius 3 is 2.88 bits per heavy atom. The Balaban J connectivity index is 1.36. The summed E-state index contributed by atoms with van der Waals surface area (Å²) in [5.74, 6) is 0. The molecule has 3 N–H and O–H groups in total. The minimum atomic E-state index is -0.267. The number of amides is 2. The molecule has 2 amide bonds. The summed E-state index contributed by atoms with van der Waals surface area (Å²) in [5.41, 5.74) is 2.33. The lowest BCUT2D eigenvalue weighted by Crippen LogP contribution is -2.43. The van der Waals surface area contributed by atoms with Crippen LogP contribution in [0.2, 0.25) is 5.02 Å². The van der Waals surface area contributed by atoms with E-state index in [1.54, 1.807) is 19.2 Å². The van der Waals surface area contributed by atoms with Crippen LogP contribution in [0.25, 0.3) is 11.1 Å². The number of halogens is 1. The van der Waals surface area contributed by atoms with Gasteiger partial charge >= 0.3 is 6.03 Å². The number of hydrogen-bond donors (Lipinski definition) is 3. The van der Waals surface area contributed by atoms with E-state index in [-0.39, 0.29) is 30.3 Å². The monoisotopic (exact) mass is 505 g/mol. The summed E-state index contributed by atoms with van der Waals surface area (Å²) >= 11 is 7.58. The number of methoxy groups -OCH3 is 1. The minimum absolute atomic E-state index is 0.0635. The van der Waals surface area contributed by atoms with E-state index in [9.17, 15) is 9.90 Å². The number of benzene rings is 1. The average Bonchev–Trinajstić information content (AvgIpc) is 3.38. The van der Waals surface area contributed by atoms with Gasteiger partial charge in [-0.3, -0.25) is 5.32 Å². The standard InChI is InChI=1S/C23H28ClN5O4S/c1-12-9-17-20(34-22(26-17)28-21(31)25-14-4-6-15(30)7-5-14)18(11-32-2)29(12)23-27-16-10-13(24)3-8-19(16)33-23/h3,8,10,12,14-15,18,30H,4-7,9,11H2,1-2H3,(H2,25,26,28,31)/t12-,14?,15?,18+/m1/s1. The van der Waals surface area contributed by atoms with Gasteiger partial charge in [0.15, 0.2) is 10.7 Å². The number of carbonyl (C=O) groups is 1. The normalized spacial score (nSPS) is 24.8. The fourth-order valence-corrected chi connectivity index (χ4v) is 6.05. The molecule has 2 aromatic heterocycles. The Hall–Kier alpha value is -2.40. The summed E-state index contributed by atoms with van der Waals surface area (Å²) < 4.78 is 11.6. The fraction of sp³-hybridized carbons (Fsp3) is 0.522. The number of thiazole rings is 1. The van der Waals surface area contributed by atoms with Gasteiger partial charge in [0.25, 0.3) is 6.01 Å². The van der Waals surface area contributed by atoms with Crippen molar-refractivity contribution in [1.29, 1.82) is 0 Å². The van der Waals surface area contributed by atoms with E-state index >= 15 is 0 Å². The molecule has 5 rings (SSSR count). The van der Waals surface area contributed by atoms with Gasteiger partial charge in [0.2, 0.25) is 0 Å². The Morgan fingerprint density at radius 1 is 1.32 bits per heavy atom. The van der Waals surface area contributed by atoms with E-state index in [0.717, 1.165) is 23.4 Å². The highest BCUT2D eigenvalue weighted by atomic mass is 35.5. The van der Waals surface area contributed by atoms with Crippen LogP contribution < -0.4 is 15.5 Å². The number of aromatic nitrogens is 2. The molecule has 1 saturated carbocycles. The van der Waals surface area contributed by atoms with Crippen LogP contribution in [-0.2, 0) is 11.2 Å². The molecule has 1 aliphatic carbocycles. The largest absolute Gasteiger partial charge is 0.423 e. The number of aliphatic hydroxyl groups excluding tert-OH is 1. The lowest BCUT2D eigenvalue weighted by Gasteiger charge is -2.38. The molecule has 0 radical (unpaired) electrons. The number of oxazole rings is 1. The van der Waals surface area contributed by atoms with Crippen molar-refractivity contribution in [3.8, 4) is 0 Å². The van der Waals surface area contributed by atoms with Gasteiger partial charge in [-0.1, -0.05) is 22.9 Å². The molecule has 2 atom stereocenters. The first-order chi connectivity index (χ1) is 16.4. The van der Waals surface area contributed by atoms with Gasteiger partial charge in [0.05, 0.1) is 29.3 Å². The number of urea groups is 1. The van der Waals surface area contributed by atoms with Gasteiger partial charge in [0, 0.05) is 30.6 Å². The number of aliphatic hydroxyl groups is 1. The number of hydrogen-bond acceptors (Lipinski definition) is 8. The van der Waals surface area contributed by atoms with Crippen LogP contribution in [0, 0.1) is 0 Å². The maximum atomic E-state index is 12.6. The molecule has 3 heterocycles. The van der Waals surface area contributed by atoms with Gasteiger partial charge in [-0.25, -0.2) is 9.78 Å². The van der Waals surface area contributed by atoms with Crippen LogP contribution in [0.1, 0.15) is 49.2 Å². The Kier molecular flexibility index (Phi) is 6.65. The van der Waals surface area contributed by atoms with Crippen molar-refractivity contribution in [1.82, 2.24) is 15.3 Å². The van der Waals surface area contributed by atoms with Crippen molar-refractivity contribution in [2.75, 3.05) is 23.9 Å². The van der Waals surface area contributed by atoms with Gasteiger partial charge in [-0.15, -0.1) is 0 Å². The Labute approximate surface area is 206 Å². The topological polar surface area (TPSA) is 113 Å². The summed E-state index contributed by atoms with van der Waals surface area (Å²) in [5, 5.41) is 16.7. The SMILES string of the molecule is COC[C@H]1c2sc(NC(=O)NC3CCC(O)CC3)nc2C[C@@H](C)N1c1nc2cc(Cl)ccc2o1. The molecule has 2 aliphatic rings. The van der Waals surface area contributed by atoms with Crippen molar-refractivity contribution >= 4 is 51.2 Å². The third-order valence-electron chi connectivity index (χ3n) is 6.47. The van der Waals surface area contributed by atoms with Crippen LogP contribution in [0.4, 0.5) is 15.9 Å². The molecule has 182 valence electrons. The average molecular weight is 506 g/mol. The highest BCUT2D eigenvalue weighted by Gasteiger charge is 2.38. The van der Waals surface area contributed by atoms with Crippen molar-refractivity contribution in [2.24, 2.45) is 0 Å². The molecule has 9 nitrogen and oxygen atoms in total. The van der Waals surface area contributed by atoms with E-state index in [1.807, 2.05) is 6.07 Å². The zero-order valence-corrected chi connectivity index (χ0v) is 20.7. The van der Waals surface area contributed by atoms with Crippen LogP contribution in [0.5, 0.6) is 0 Å². The molecular weight excluding hydrogens is 478 g/mol. The molecule has 1 aliphatic heterocycles. The van der Waals surface area contributed by atoms with E-state index in [0.29, 0.717) is 53.1 Å². The second-order valence-electron chi connectivity index (χ2n) is 8.97. The molecule has 1 fully saturated rings.